The van der Waals surface area contributed by atoms with Gasteiger partial charge in [-0.25, -0.2) is 4.79 Å². The first-order chi connectivity index (χ1) is 12.7. The molecule has 0 aromatic heterocycles. The number of halogens is 2. The molecule has 2 aromatic rings. The van der Waals surface area contributed by atoms with Crippen molar-refractivity contribution in [2.24, 2.45) is 0 Å². The summed E-state index contributed by atoms with van der Waals surface area (Å²) in [5.74, 6) is -0.222. The highest BCUT2D eigenvalue weighted by Gasteiger charge is 2.41. The number of ether oxygens (including phenoxy) is 1. The Morgan fingerprint density at radius 3 is 2.44 bits per heavy atom. The lowest BCUT2D eigenvalue weighted by Gasteiger charge is -2.40. The van der Waals surface area contributed by atoms with Crippen molar-refractivity contribution in [2.45, 2.75) is 37.7 Å². The number of carbonyl (C=O) groups excluding carboxylic acids is 1. The van der Waals surface area contributed by atoms with Crippen LogP contribution in [0.3, 0.4) is 0 Å². The van der Waals surface area contributed by atoms with E-state index in [4.69, 9.17) is 16.3 Å². The Morgan fingerprint density at radius 1 is 1.00 bits per heavy atom. The Hall–Kier alpha value is -1.55. The van der Waals surface area contributed by atoms with Crippen molar-refractivity contribution in [3.05, 3.63) is 70.2 Å². The number of piperidine rings is 1. The van der Waals surface area contributed by atoms with Gasteiger partial charge in [0.25, 0.3) is 0 Å². The van der Waals surface area contributed by atoms with Crippen LogP contribution in [0.5, 0.6) is 0 Å². The van der Waals surface area contributed by atoms with Gasteiger partial charge >= 0.3 is 5.97 Å². The van der Waals surface area contributed by atoms with E-state index in [1.54, 1.807) is 0 Å². The minimum absolute atomic E-state index is 0. The second-order valence-corrected chi connectivity index (χ2v) is 7.81. The molecule has 2 heterocycles. The van der Waals surface area contributed by atoms with Crippen molar-refractivity contribution in [1.29, 1.82) is 0 Å². The van der Waals surface area contributed by atoms with Crippen LogP contribution in [0.1, 0.15) is 47.2 Å². The summed E-state index contributed by atoms with van der Waals surface area (Å²) in [6.45, 7) is 3.22. The minimum atomic E-state index is -0.618. The highest BCUT2D eigenvalue weighted by molar-refractivity contribution is 6.30. The quantitative estimate of drug-likeness (QED) is 0.650. The van der Waals surface area contributed by atoms with E-state index in [0.29, 0.717) is 17.0 Å². The number of nitrogens with zero attached hydrogens (tertiary/aromatic N) is 1. The van der Waals surface area contributed by atoms with Crippen LogP contribution in [0.25, 0.3) is 0 Å². The molecule has 1 fully saturated rings. The van der Waals surface area contributed by atoms with Gasteiger partial charge in [-0.05, 0) is 55.3 Å². The Kier molecular flexibility index (Phi) is 6.46. The molecule has 27 heavy (non-hydrogen) atoms. The summed E-state index contributed by atoms with van der Waals surface area (Å²) >= 11 is 6.09. The topological polar surface area (TPSA) is 29.5 Å². The number of likely N-dealkylation sites (tertiary alicyclic amines) is 1. The molecule has 1 unspecified atom stereocenters. The van der Waals surface area contributed by atoms with Crippen LogP contribution in [0.15, 0.2) is 48.5 Å². The zero-order chi connectivity index (χ0) is 18.0. The monoisotopic (exact) mass is 405 g/mol. The van der Waals surface area contributed by atoms with Crippen molar-refractivity contribution >= 4 is 30.0 Å². The van der Waals surface area contributed by atoms with Gasteiger partial charge in [0.1, 0.15) is 5.60 Å². The lowest BCUT2D eigenvalue weighted by Crippen LogP contribution is -2.43. The summed E-state index contributed by atoms with van der Waals surface area (Å²) in [4.78, 5) is 15.2. The molecule has 0 bridgehead atoms. The molecular weight excluding hydrogens is 381 g/mol. The van der Waals surface area contributed by atoms with Gasteiger partial charge in [-0.2, -0.15) is 0 Å². The number of cyclic esters (lactones) is 1. The Labute approximate surface area is 172 Å². The van der Waals surface area contributed by atoms with E-state index in [2.05, 4.69) is 4.90 Å². The summed E-state index contributed by atoms with van der Waals surface area (Å²) < 4.78 is 6.11. The van der Waals surface area contributed by atoms with Crippen LogP contribution in [-0.2, 0) is 16.8 Å². The molecule has 5 heteroatoms. The van der Waals surface area contributed by atoms with Gasteiger partial charge < -0.3 is 9.64 Å². The summed E-state index contributed by atoms with van der Waals surface area (Å²) in [5, 5.41) is 0.697. The highest BCUT2D eigenvalue weighted by atomic mass is 35.5. The van der Waals surface area contributed by atoms with Crippen LogP contribution >= 0.6 is 24.0 Å². The number of carbonyl (C=O) groups is 1. The first-order valence-corrected chi connectivity index (χ1v) is 9.84. The Bertz CT molecular complexity index is 787. The summed E-state index contributed by atoms with van der Waals surface area (Å²) in [6, 6.07) is 15.6. The lowest BCUT2D eigenvalue weighted by molar-refractivity contribution is -0.0376. The van der Waals surface area contributed by atoms with Crippen LogP contribution in [0.4, 0.5) is 0 Å². The fourth-order valence-corrected chi connectivity index (χ4v) is 4.30. The Morgan fingerprint density at radius 2 is 1.70 bits per heavy atom. The van der Waals surface area contributed by atoms with Crippen LogP contribution < -0.4 is 0 Å². The number of hydrogen-bond acceptors (Lipinski definition) is 3. The van der Waals surface area contributed by atoms with Gasteiger partial charge in [0.05, 0.1) is 5.56 Å². The standard InChI is InChI=1S/C22H24ClNO2.ClH/c23-19-10-8-18(9-11-19)22(12-15-24-13-4-1-5-14-24)16-17-6-2-3-7-20(17)21(25)26-22;/h2-3,6-11H,1,4-5,12-16H2;1H. The van der Waals surface area contributed by atoms with Crippen molar-refractivity contribution in [1.82, 2.24) is 4.90 Å². The minimum Gasteiger partial charge on any atom is -0.450 e. The van der Waals surface area contributed by atoms with E-state index < -0.39 is 5.60 Å². The molecule has 4 rings (SSSR count). The molecule has 2 aliphatic heterocycles. The normalized spacial score (nSPS) is 22.5. The van der Waals surface area contributed by atoms with Crippen LogP contribution in [0.2, 0.25) is 5.02 Å². The molecule has 3 nitrogen and oxygen atoms in total. The molecule has 0 radical (unpaired) electrons. The first kappa shape index (κ1) is 20.2. The van der Waals surface area contributed by atoms with E-state index in [-0.39, 0.29) is 18.4 Å². The smallest absolute Gasteiger partial charge is 0.339 e. The molecule has 2 aliphatic rings. The summed E-state index contributed by atoms with van der Waals surface area (Å²) in [5.41, 5.74) is 2.17. The van der Waals surface area contributed by atoms with E-state index in [1.807, 2.05) is 48.5 Å². The van der Waals surface area contributed by atoms with Crippen molar-refractivity contribution in [3.8, 4) is 0 Å². The third-order valence-electron chi connectivity index (χ3n) is 5.65. The molecule has 0 saturated carbocycles. The van der Waals surface area contributed by atoms with Gasteiger partial charge in [0.2, 0.25) is 0 Å². The summed E-state index contributed by atoms with van der Waals surface area (Å²) in [6.07, 6.45) is 5.35. The number of esters is 1. The number of hydrogen-bond donors (Lipinski definition) is 0. The van der Waals surface area contributed by atoms with E-state index in [1.165, 1.54) is 19.3 Å². The zero-order valence-electron chi connectivity index (χ0n) is 15.3. The lowest BCUT2D eigenvalue weighted by atomic mass is 9.80. The van der Waals surface area contributed by atoms with E-state index in [9.17, 15) is 4.79 Å². The van der Waals surface area contributed by atoms with E-state index in [0.717, 1.165) is 37.2 Å². The predicted octanol–water partition coefficient (Wildman–Crippen LogP) is 5.25. The third kappa shape index (κ3) is 4.31. The maximum atomic E-state index is 12.7. The molecule has 2 aromatic carbocycles. The van der Waals surface area contributed by atoms with E-state index >= 15 is 0 Å². The number of rotatable bonds is 4. The second-order valence-electron chi connectivity index (χ2n) is 7.38. The average molecular weight is 406 g/mol. The fourth-order valence-electron chi connectivity index (χ4n) is 4.17. The maximum Gasteiger partial charge on any atom is 0.339 e. The Balaban J connectivity index is 0.00000210. The van der Waals surface area contributed by atoms with Gasteiger partial charge in [0, 0.05) is 24.4 Å². The zero-order valence-corrected chi connectivity index (χ0v) is 16.9. The van der Waals surface area contributed by atoms with Gasteiger partial charge in [0.15, 0.2) is 0 Å². The maximum absolute atomic E-state index is 12.7. The number of fused-ring (bicyclic) bond motifs is 1. The second kappa shape index (κ2) is 8.64. The molecule has 0 spiro atoms. The molecule has 144 valence electrons. The van der Waals surface area contributed by atoms with Gasteiger partial charge in [-0.15, -0.1) is 12.4 Å². The fraction of sp³-hybridized carbons (Fsp3) is 0.409. The molecule has 1 atom stereocenters. The van der Waals surface area contributed by atoms with Gasteiger partial charge in [-0.3, -0.25) is 0 Å². The van der Waals surface area contributed by atoms with Crippen LogP contribution in [0, 0.1) is 0 Å². The predicted molar refractivity (Wildman–Crippen MR) is 111 cm³/mol. The van der Waals surface area contributed by atoms with Gasteiger partial charge in [-0.1, -0.05) is 48.4 Å². The number of benzene rings is 2. The molecular formula is C22H25Cl2NO2. The highest BCUT2D eigenvalue weighted by Crippen LogP contribution is 2.39. The van der Waals surface area contributed by atoms with Crippen molar-refractivity contribution in [2.75, 3.05) is 19.6 Å². The van der Waals surface area contributed by atoms with Crippen LogP contribution in [-0.4, -0.2) is 30.5 Å². The average Bonchev–Trinajstić information content (AvgIpc) is 2.68. The first-order valence-electron chi connectivity index (χ1n) is 9.46. The third-order valence-corrected chi connectivity index (χ3v) is 5.90. The molecule has 0 aliphatic carbocycles. The molecule has 0 N–H and O–H groups in total. The summed E-state index contributed by atoms with van der Waals surface area (Å²) in [7, 11) is 0. The largest absolute Gasteiger partial charge is 0.450 e. The molecule has 0 amide bonds. The molecule has 1 saturated heterocycles. The van der Waals surface area contributed by atoms with Crippen molar-refractivity contribution < 1.29 is 9.53 Å². The van der Waals surface area contributed by atoms with Crippen molar-refractivity contribution in [3.63, 3.8) is 0 Å². The SMILES string of the molecule is Cl.O=C1OC(CCN2CCCCC2)(c2ccc(Cl)cc2)Cc2ccccc21.